The van der Waals surface area contributed by atoms with Gasteiger partial charge in [0.2, 0.25) is 5.91 Å². The number of hydrogen-bond donors (Lipinski definition) is 2. The van der Waals surface area contributed by atoms with E-state index in [2.05, 4.69) is 0 Å². The van der Waals surface area contributed by atoms with Crippen molar-refractivity contribution in [3.63, 3.8) is 0 Å². The Bertz CT molecular complexity index is 148. The fourth-order valence-corrected chi connectivity index (χ4v) is 1.12. The molecule has 0 aliphatic carbocycles. The van der Waals surface area contributed by atoms with Crippen molar-refractivity contribution < 1.29 is 9.90 Å². The Morgan fingerprint density at radius 1 is 1.58 bits per heavy atom. The van der Waals surface area contributed by atoms with E-state index in [0.717, 1.165) is 0 Å². The number of amides is 1. The molecule has 0 spiro atoms. The Labute approximate surface area is 73.3 Å². The molecule has 2 atom stereocenters. The fourth-order valence-electron chi connectivity index (χ4n) is 1.12. The summed E-state index contributed by atoms with van der Waals surface area (Å²) in [6.07, 6.45) is 0.439. The fraction of sp³-hybridized carbons (Fsp3) is 0.875. The summed E-state index contributed by atoms with van der Waals surface area (Å²) in [7, 11) is 3.77. The number of carbonyl (C=O) groups is 1. The molecular weight excluding hydrogens is 156 g/mol. The first kappa shape index (κ1) is 11.4. The molecule has 1 amide bonds. The first-order valence-electron chi connectivity index (χ1n) is 4.07. The Balaban J connectivity index is 4.18. The summed E-state index contributed by atoms with van der Waals surface area (Å²) >= 11 is 0. The minimum atomic E-state index is -0.342. The molecule has 0 fully saturated rings. The lowest BCUT2D eigenvalue weighted by Crippen LogP contribution is -2.40. The monoisotopic (exact) mass is 174 g/mol. The van der Waals surface area contributed by atoms with Gasteiger partial charge in [-0.25, -0.2) is 0 Å². The van der Waals surface area contributed by atoms with Gasteiger partial charge in [0.1, 0.15) is 0 Å². The normalized spacial score (nSPS) is 16.1. The number of carbonyl (C=O) groups excluding carboxylic acids is 1. The van der Waals surface area contributed by atoms with Crippen LogP contribution in [0.25, 0.3) is 0 Å². The molecule has 0 saturated carbocycles. The zero-order valence-electron chi connectivity index (χ0n) is 7.95. The predicted octanol–water partition coefficient (Wildman–Crippen LogP) is -0.580. The minimum absolute atomic E-state index is 0.00574. The Morgan fingerprint density at radius 3 is 2.33 bits per heavy atom. The van der Waals surface area contributed by atoms with Crippen LogP contribution < -0.4 is 5.73 Å². The Kier molecular flexibility index (Phi) is 4.85. The highest BCUT2D eigenvalue weighted by Gasteiger charge is 2.23. The van der Waals surface area contributed by atoms with Crippen LogP contribution in [0, 0.1) is 5.92 Å². The first-order chi connectivity index (χ1) is 5.50. The van der Waals surface area contributed by atoms with Crippen molar-refractivity contribution in [2.45, 2.75) is 19.4 Å². The van der Waals surface area contributed by atoms with Gasteiger partial charge in [0.25, 0.3) is 0 Å². The average molecular weight is 174 g/mol. The third-order valence-electron chi connectivity index (χ3n) is 2.20. The lowest BCUT2D eigenvalue weighted by Gasteiger charge is -2.26. The van der Waals surface area contributed by atoms with Gasteiger partial charge in [0.15, 0.2) is 0 Å². The van der Waals surface area contributed by atoms with Crippen molar-refractivity contribution in [3.05, 3.63) is 0 Å². The molecule has 0 saturated heterocycles. The van der Waals surface area contributed by atoms with E-state index in [1.54, 1.807) is 0 Å². The number of aliphatic hydroxyl groups excluding tert-OH is 1. The van der Waals surface area contributed by atoms with Crippen molar-refractivity contribution in [2.75, 3.05) is 20.7 Å². The Morgan fingerprint density at radius 2 is 2.08 bits per heavy atom. The maximum atomic E-state index is 10.9. The van der Waals surface area contributed by atoms with Gasteiger partial charge in [-0.05, 0) is 27.4 Å². The third-order valence-corrected chi connectivity index (χ3v) is 2.20. The molecular formula is C8H18N2O2. The highest BCUT2D eigenvalue weighted by Crippen LogP contribution is 2.11. The third kappa shape index (κ3) is 3.19. The number of hydrogen-bond acceptors (Lipinski definition) is 3. The van der Waals surface area contributed by atoms with E-state index in [0.29, 0.717) is 6.42 Å². The van der Waals surface area contributed by atoms with Crippen LogP contribution >= 0.6 is 0 Å². The van der Waals surface area contributed by atoms with Gasteiger partial charge in [-0.1, -0.05) is 0 Å². The topological polar surface area (TPSA) is 66.6 Å². The first-order valence-corrected chi connectivity index (χ1v) is 4.07. The van der Waals surface area contributed by atoms with Gasteiger partial charge in [-0.2, -0.15) is 0 Å². The van der Waals surface area contributed by atoms with Gasteiger partial charge < -0.3 is 15.7 Å². The van der Waals surface area contributed by atoms with Crippen LogP contribution in [0.15, 0.2) is 0 Å². The van der Waals surface area contributed by atoms with Crippen LogP contribution in [0.4, 0.5) is 0 Å². The summed E-state index contributed by atoms with van der Waals surface area (Å²) < 4.78 is 0. The standard InChI is InChI=1S/C8H18N2O2/c1-6(10(2)3)7(4-5-11)8(9)12/h6-7,11H,4-5H2,1-3H3,(H2,9,12). The summed E-state index contributed by atoms with van der Waals surface area (Å²) in [4.78, 5) is 12.8. The number of primary amides is 1. The van der Waals surface area contributed by atoms with Crippen molar-refractivity contribution in [1.82, 2.24) is 4.90 Å². The number of nitrogens with two attached hydrogens (primary N) is 1. The average Bonchev–Trinajstić information content (AvgIpc) is 1.98. The molecule has 4 nitrogen and oxygen atoms in total. The summed E-state index contributed by atoms with van der Waals surface area (Å²) in [5.41, 5.74) is 5.18. The maximum absolute atomic E-state index is 10.9. The van der Waals surface area contributed by atoms with Crippen molar-refractivity contribution in [3.8, 4) is 0 Å². The molecule has 72 valence electrons. The molecule has 12 heavy (non-hydrogen) atoms. The van der Waals surface area contributed by atoms with Crippen LogP contribution in [0.1, 0.15) is 13.3 Å². The van der Waals surface area contributed by atoms with Gasteiger partial charge in [-0.3, -0.25) is 4.79 Å². The predicted molar refractivity (Wildman–Crippen MR) is 47.5 cm³/mol. The maximum Gasteiger partial charge on any atom is 0.222 e. The zero-order chi connectivity index (χ0) is 9.72. The quantitative estimate of drug-likeness (QED) is 0.586. The van der Waals surface area contributed by atoms with E-state index in [1.807, 2.05) is 25.9 Å². The molecule has 0 aromatic rings. The summed E-state index contributed by atoms with van der Waals surface area (Å²) in [6.45, 7) is 1.93. The molecule has 0 rings (SSSR count). The van der Waals surface area contributed by atoms with Crippen LogP contribution in [0.5, 0.6) is 0 Å². The number of rotatable bonds is 5. The second kappa shape index (κ2) is 5.11. The van der Waals surface area contributed by atoms with Gasteiger partial charge >= 0.3 is 0 Å². The van der Waals surface area contributed by atoms with Gasteiger partial charge in [0.05, 0.1) is 5.92 Å². The SMILES string of the molecule is CC(C(CCO)C(N)=O)N(C)C. The molecule has 0 radical (unpaired) electrons. The van der Waals surface area contributed by atoms with E-state index in [1.165, 1.54) is 0 Å². The van der Waals surface area contributed by atoms with Crippen LogP contribution in [0.2, 0.25) is 0 Å². The summed E-state index contributed by atoms with van der Waals surface area (Å²) in [6, 6.07) is 0.0784. The lowest BCUT2D eigenvalue weighted by molar-refractivity contribution is -0.124. The van der Waals surface area contributed by atoms with Crippen molar-refractivity contribution in [2.24, 2.45) is 11.7 Å². The van der Waals surface area contributed by atoms with Crippen LogP contribution in [-0.4, -0.2) is 42.7 Å². The number of aliphatic hydroxyl groups is 1. The van der Waals surface area contributed by atoms with Gasteiger partial charge in [0, 0.05) is 12.6 Å². The number of nitrogens with zero attached hydrogens (tertiary/aromatic N) is 1. The minimum Gasteiger partial charge on any atom is -0.396 e. The highest BCUT2D eigenvalue weighted by atomic mass is 16.3. The van der Waals surface area contributed by atoms with Crippen molar-refractivity contribution >= 4 is 5.91 Å². The zero-order valence-corrected chi connectivity index (χ0v) is 7.95. The van der Waals surface area contributed by atoms with Crippen LogP contribution in [0.3, 0.4) is 0 Å². The van der Waals surface area contributed by atoms with Gasteiger partial charge in [-0.15, -0.1) is 0 Å². The molecule has 4 heteroatoms. The Hall–Kier alpha value is -0.610. The largest absolute Gasteiger partial charge is 0.396 e. The molecule has 0 heterocycles. The lowest BCUT2D eigenvalue weighted by atomic mass is 9.96. The van der Waals surface area contributed by atoms with E-state index in [9.17, 15) is 4.79 Å². The molecule has 0 aromatic heterocycles. The molecule has 0 aliphatic heterocycles. The van der Waals surface area contributed by atoms with E-state index < -0.39 is 0 Å². The second-order valence-corrected chi connectivity index (χ2v) is 3.23. The highest BCUT2D eigenvalue weighted by molar-refractivity contribution is 5.77. The smallest absolute Gasteiger partial charge is 0.222 e. The van der Waals surface area contributed by atoms with E-state index in [-0.39, 0.29) is 24.5 Å². The van der Waals surface area contributed by atoms with E-state index >= 15 is 0 Å². The second-order valence-electron chi connectivity index (χ2n) is 3.23. The molecule has 2 unspecified atom stereocenters. The van der Waals surface area contributed by atoms with Crippen molar-refractivity contribution in [1.29, 1.82) is 0 Å². The molecule has 0 bridgehead atoms. The summed E-state index contributed by atoms with van der Waals surface area (Å²) in [5.74, 6) is -0.602. The molecule has 0 aromatic carbocycles. The molecule has 0 aliphatic rings. The summed E-state index contributed by atoms with van der Waals surface area (Å²) in [5, 5.41) is 8.69. The van der Waals surface area contributed by atoms with Crippen LogP contribution in [-0.2, 0) is 4.79 Å². The van der Waals surface area contributed by atoms with E-state index in [4.69, 9.17) is 10.8 Å². The molecule has 3 N–H and O–H groups in total.